The molecule has 11 aromatic carbocycles. The Morgan fingerprint density at radius 1 is 0.364 bits per heavy atom. The third-order valence-electron chi connectivity index (χ3n) is 18.2. The van der Waals surface area contributed by atoms with Crippen molar-refractivity contribution in [1.29, 1.82) is 0 Å². The van der Waals surface area contributed by atoms with Crippen molar-refractivity contribution in [3.8, 4) is 22.6 Å². The molecular weight excluding hydrogens is 1090 g/mol. The third-order valence-corrected chi connectivity index (χ3v) is 19.4. The van der Waals surface area contributed by atoms with E-state index in [1.807, 2.05) is 11.3 Å². The first kappa shape index (κ1) is 56.6. The topological polar surface area (TPSA) is 28.9 Å². The van der Waals surface area contributed by atoms with Crippen molar-refractivity contribution in [3.63, 3.8) is 0 Å². The van der Waals surface area contributed by atoms with E-state index in [-0.39, 0.29) is 21.7 Å². The lowest BCUT2D eigenvalue weighted by molar-refractivity contribution is 0.481. The zero-order valence-corrected chi connectivity index (χ0v) is 53.5. The van der Waals surface area contributed by atoms with Crippen molar-refractivity contribution < 1.29 is 9.15 Å². The third kappa shape index (κ3) is 9.58. The normalized spacial score (nSPS) is 14.4. The van der Waals surface area contributed by atoms with Gasteiger partial charge in [-0.15, -0.1) is 11.3 Å². The average molecular weight is 1170 g/mol. The SMILES string of the molecule is CC(C)(C)c1ccc(Oc2ccc(C3(c4ccc(C(C)(C)C)cc4)c4cc(N(c5ccccc5)c5ccc(C(C)(C)C)cc5)c5c(oc6ccccc65)c4-c4c3cc(N(c3ccccc3)c3ccc(C(C)(C)C)cc3)c3c4sc4ccccc43)cc2)cc1. The van der Waals surface area contributed by atoms with E-state index in [1.165, 1.54) is 53.6 Å². The van der Waals surface area contributed by atoms with Crippen LogP contribution in [0.1, 0.15) is 128 Å². The van der Waals surface area contributed by atoms with Gasteiger partial charge in [0.25, 0.3) is 0 Å². The summed E-state index contributed by atoms with van der Waals surface area (Å²) in [5, 5.41) is 4.54. The van der Waals surface area contributed by atoms with E-state index in [2.05, 4.69) is 336 Å². The largest absolute Gasteiger partial charge is 0.457 e. The summed E-state index contributed by atoms with van der Waals surface area (Å²) in [6.07, 6.45) is 0. The summed E-state index contributed by atoms with van der Waals surface area (Å²) in [4.78, 5) is 4.97. The molecule has 4 nitrogen and oxygen atoms in total. The maximum Gasteiger partial charge on any atom is 0.145 e. The molecule has 0 saturated carbocycles. The van der Waals surface area contributed by atoms with Crippen molar-refractivity contribution >= 4 is 87.6 Å². The highest BCUT2D eigenvalue weighted by Gasteiger charge is 2.50. The number of hydrogen-bond acceptors (Lipinski definition) is 5. The van der Waals surface area contributed by atoms with Crippen molar-refractivity contribution in [2.75, 3.05) is 9.80 Å². The lowest BCUT2D eigenvalue weighted by Crippen LogP contribution is -2.29. The molecule has 1 aliphatic carbocycles. The van der Waals surface area contributed by atoms with Crippen LogP contribution in [-0.4, -0.2) is 0 Å². The first-order valence-corrected chi connectivity index (χ1v) is 31.9. The minimum absolute atomic E-state index is 0.0204. The molecule has 1 aliphatic rings. The first-order chi connectivity index (χ1) is 42.2. The van der Waals surface area contributed by atoms with Crippen LogP contribution in [-0.2, 0) is 27.1 Å². The summed E-state index contributed by atoms with van der Waals surface area (Å²) in [7, 11) is 0. The van der Waals surface area contributed by atoms with E-state index in [0.29, 0.717) is 0 Å². The van der Waals surface area contributed by atoms with Gasteiger partial charge in [0.1, 0.15) is 22.7 Å². The summed E-state index contributed by atoms with van der Waals surface area (Å²) in [6.45, 7) is 27.4. The lowest BCUT2D eigenvalue weighted by Gasteiger charge is -2.36. The fraction of sp³-hybridized carbons (Fsp3) is 0.205. The summed E-state index contributed by atoms with van der Waals surface area (Å²) >= 11 is 1.89. The van der Waals surface area contributed by atoms with Gasteiger partial charge in [-0.1, -0.05) is 229 Å². The first-order valence-electron chi connectivity index (χ1n) is 31.1. The Labute approximate surface area is 523 Å². The van der Waals surface area contributed by atoms with Gasteiger partial charge in [0.15, 0.2) is 0 Å². The molecule has 0 saturated heterocycles. The number of nitrogens with zero attached hydrogens (tertiary/aromatic N) is 2. The average Bonchev–Trinajstić information content (AvgIpc) is 1.55. The fourth-order valence-corrected chi connectivity index (χ4v) is 14.8. The quantitative estimate of drug-likeness (QED) is 0.136. The molecule has 0 N–H and O–H groups in total. The Hall–Kier alpha value is -9.16. The number of hydrogen-bond donors (Lipinski definition) is 0. The summed E-state index contributed by atoms with van der Waals surface area (Å²) < 4.78 is 16.9. The minimum atomic E-state index is -0.952. The number of furan rings is 1. The molecule has 0 amide bonds. The molecule has 0 aliphatic heterocycles. The van der Waals surface area contributed by atoms with Crippen molar-refractivity contribution in [2.24, 2.45) is 0 Å². The molecule has 1 unspecified atom stereocenters. The molecule has 436 valence electrons. The number of anilines is 6. The number of ether oxygens (including phenoxy) is 1. The molecule has 14 rings (SSSR count). The molecule has 0 fully saturated rings. The maximum atomic E-state index is 7.65. The maximum absolute atomic E-state index is 7.65. The summed E-state index contributed by atoms with van der Waals surface area (Å²) in [5.74, 6) is 1.56. The van der Waals surface area contributed by atoms with Crippen molar-refractivity contribution in [1.82, 2.24) is 0 Å². The standard InChI is InChI=1S/C83H76N2O2S/c1-79(2,3)53-31-33-57(34-32-53)83(58-41-49-64(50-42-58)86-63-47-39-56(40-48-63)82(10,11)12)67-51-69(84(59-23-15-13-16-24-59)61-43-35-54(36-44-61)80(4,5)6)73-65-27-19-21-29-71(65)87-77(73)75(67)76-68(83)52-70(74-66-28-20-22-30-72(66)88-78(74)76)85(60-25-17-14-18-26-60)62-45-37-55(38-46-62)81(7,8)9/h13-52H,1-12H3. The van der Waals surface area contributed by atoms with Gasteiger partial charge in [-0.05, 0) is 163 Å². The molecular formula is C83H76N2O2S. The van der Waals surface area contributed by atoms with Gasteiger partial charge in [-0.25, -0.2) is 0 Å². The molecule has 0 bridgehead atoms. The van der Waals surface area contributed by atoms with E-state index in [9.17, 15) is 0 Å². The van der Waals surface area contributed by atoms with Gasteiger partial charge < -0.3 is 19.0 Å². The van der Waals surface area contributed by atoms with E-state index < -0.39 is 5.41 Å². The number of para-hydroxylation sites is 3. The molecule has 5 heteroatoms. The molecule has 0 spiro atoms. The van der Waals surface area contributed by atoms with Gasteiger partial charge in [0, 0.05) is 59.4 Å². The van der Waals surface area contributed by atoms with Crippen LogP contribution >= 0.6 is 11.3 Å². The van der Waals surface area contributed by atoms with E-state index >= 15 is 0 Å². The van der Waals surface area contributed by atoms with Crippen LogP contribution in [0.15, 0.2) is 247 Å². The molecule has 0 radical (unpaired) electrons. The van der Waals surface area contributed by atoms with Crippen LogP contribution in [0.4, 0.5) is 34.1 Å². The van der Waals surface area contributed by atoms with Gasteiger partial charge in [0.05, 0.1) is 22.2 Å². The highest BCUT2D eigenvalue weighted by molar-refractivity contribution is 7.26. The van der Waals surface area contributed by atoms with Crippen LogP contribution < -0.4 is 14.5 Å². The van der Waals surface area contributed by atoms with E-state index in [1.54, 1.807) is 0 Å². The van der Waals surface area contributed by atoms with Gasteiger partial charge in [-0.3, -0.25) is 0 Å². The minimum Gasteiger partial charge on any atom is -0.457 e. The van der Waals surface area contributed by atoms with Gasteiger partial charge in [0.2, 0.25) is 0 Å². The number of rotatable bonds is 10. The Bertz CT molecular complexity index is 4510. The smallest absolute Gasteiger partial charge is 0.145 e. The second-order valence-corrected chi connectivity index (χ2v) is 29.2. The van der Waals surface area contributed by atoms with Gasteiger partial charge in [-0.2, -0.15) is 0 Å². The van der Waals surface area contributed by atoms with Crippen LogP contribution in [0.5, 0.6) is 11.5 Å². The van der Waals surface area contributed by atoms with Crippen LogP contribution in [0.2, 0.25) is 0 Å². The zero-order valence-electron chi connectivity index (χ0n) is 52.7. The lowest BCUT2D eigenvalue weighted by atomic mass is 9.67. The van der Waals surface area contributed by atoms with Gasteiger partial charge >= 0.3 is 0 Å². The van der Waals surface area contributed by atoms with E-state index in [0.717, 1.165) is 89.8 Å². The Morgan fingerprint density at radius 2 is 0.739 bits per heavy atom. The Kier molecular flexibility index (Phi) is 13.5. The highest BCUT2D eigenvalue weighted by atomic mass is 32.1. The molecule has 2 heterocycles. The van der Waals surface area contributed by atoms with E-state index in [4.69, 9.17) is 9.15 Å². The summed E-state index contributed by atoms with van der Waals surface area (Å²) in [5.41, 5.74) is 19.0. The Morgan fingerprint density at radius 3 is 1.23 bits per heavy atom. The number of fused-ring (bicyclic) bond motifs is 11. The monoisotopic (exact) mass is 1160 g/mol. The van der Waals surface area contributed by atoms with Crippen molar-refractivity contribution in [2.45, 2.75) is 110 Å². The molecule has 2 aromatic heterocycles. The Balaban J connectivity index is 1.16. The zero-order chi connectivity index (χ0) is 61.1. The van der Waals surface area contributed by atoms with Crippen LogP contribution in [0, 0.1) is 0 Å². The second kappa shape index (κ2) is 21.0. The predicted octanol–water partition coefficient (Wildman–Crippen LogP) is 24.2. The van der Waals surface area contributed by atoms with Crippen LogP contribution in [0.3, 0.4) is 0 Å². The fourth-order valence-electron chi connectivity index (χ4n) is 13.5. The molecule has 88 heavy (non-hydrogen) atoms. The van der Waals surface area contributed by atoms with Crippen LogP contribution in [0.25, 0.3) is 53.2 Å². The summed E-state index contributed by atoms with van der Waals surface area (Å²) in [6, 6.07) is 90.2. The van der Waals surface area contributed by atoms with Crippen molar-refractivity contribution in [3.05, 3.63) is 287 Å². The highest BCUT2D eigenvalue weighted by Crippen LogP contribution is 2.65. The second-order valence-electron chi connectivity index (χ2n) is 28.2. The number of benzene rings is 11. The molecule has 1 atom stereocenters. The number of thiophene rings is 1. The predicted molar refractivity (Wildman–Crippen MR) is 375 cm³/mol. The molecule has 13 aromatic rings.